The van der Waals surface area contributed by atoms with E-state index in [1.54, 1.807) is 14.2 Å². The maximum Gasteiger partial charge on any atom is 0.0453 e. The largest absolute Gasteiger partial charge is 0.388 e. The highest BCUT2D eigenvalue weighted by atomic mass is 16.4. The maximum absolute atomic E-state index is 4.25. The van der Waals surface area contributed by atoms with Gasteiger partial charge in [0.15, 0.2) is 0 Å². The van der Waals surface area contributed by atoms with Crippen LogP contribution in [0.3, 0.4) is 0 Å². The van der Waals surface area contributed by atoms with E-state index in [1.807, 2.05) is 18.3 Å². The van der Waals surface area contributed by atoms with Gasteiger partial charge in [-0.05, 0) is 17.5 Å². The van der Waals surface area contributed by atoms with Crippen LogP contribution in [-0.4, -0.2) is 19.2 Å². The lowest BCUT2D eigenvalue weighted by Crippen LogP contribution is -1.61. The fourth-order valence-electron chi connectivity index (χ4n) is 0.995. The number of fused-ring (bicyclic) bond motifs is 1. The van der Waals surface area contributed by atoms with Gasteiger partial charge in [0.05, 0.1) is 0 Å². The Labute approximate surface area is 72.2 Å². The fourth-order valence-corrected chi connectivity index (χ4v) is 0.995. The van der Waals surface area contributed by atoms with Crippen LogP contribution in [0.1, 0.15) is 0 Å². The zero-order chi connectivity index (χ0) is 8.81. The van der Waals surface area contributed by atoms with Gasteiger partial charge in [0.25, 0.3) is 0 Å². The molecule has 0 amide bonds. The Morgan fingerprint density at radius 3 is 2.42 bits per heavy atom. The van der Waals surface area contributed by atoms with Gasteiger partial charge in [-0.2, -0.15) is 0 Å². The molecule has 0 saturated carbocycles. The molecule has 0 unspecified atom stereocenters. The molecule has 1 N–H and O–H groups in total. The average molecular weight is 163 g/mol. The molecule has 0 aliphatic heterocycles. The first-order valence-electron chi connectivity index (χ1n) is 3.80. The number of hydrogen-bond donors (Lipinski definition) is 1. The molecule has 1 aromatic carbocycles. The predicted molar refractivity (Wildman–Crippen MR) is 51.2 cm³/mol. The summed E-state index contributed by atoms with van der Waals surface area (Å²) >= 11 is 0. The van der Waals surface area contributed by atoms with Crippen LogP contribution in [0.25, 0.3) is 10.9 Å². The smallest absolute Gasteiger partial charge is 0.0453 e. The van der Waals surface area contributed by atoms with Crippen molar-refractivity contribution in [1.82, 2.24) is 4.98 Å². The summed E-state index contributed by atoms with van der Waals surface area (Å²) in [6.07, 6.45) is 1.95. The first-order valence-corrected chi connectivity index (χ1v) is 3.80. The maximum atomic E-state index is 4.25. The van der Waals surface area contributed by atoms with Gasteiger partial charge in [-0.3, -0.25) is 0 Å². The van der Waals surface area contributed by atoms with Crippen molar-refractivity contribution in [2.24, 2.45) is 0 Å². The lowest BCUT2D eigenvalue weighted by molar-refractivity contribution is 0.277. The minimum atomic E-state index is 1.21. The zero-order valence-corrected chi connectivity index (χ0v) is 7.37. The van der Waals surface area contributed by atoms with Crippen molar-refractivity contribution >= 4 is 10.9 Å². The molecule has 0 radical (unpaired) electrons. The molecule has 64 valence electrons. The Morgan fingerprint density at radius 2 is 1.75 bits per heavy atom. The summed E-state index contributed by atoms with van der Waals surface area (Å²) in [5.74, 6) is 0. The lowest BCUT2D eigenvalue weighted by atomic mass is 10.3. The number of hydrogen-bond acceptors (Lipinski definition) is 1. The number of methoxy groups -OCH3 is 1. The second kappa shape index (κ2) is 4.57. The highest BCUT2D eigenvalue weighted by Gasteiger charge is 1.86. The fraction of sp³-hybridized carbons (Fsp3) is 0.200. The van der Waals surface area contributed by atoms with Crippen molar-refractivity contribution in [3.8, 4) is 0 Å². The standard InChI is InChI=1S/C8H7N.C2H6O/c1-2-4-8-7(3-1)5-6-9-8;1-3-2/h1-6,9H;1-2H3. The third-order valence-corrected chi connectivity index (χ3v) is 1.46. The quantitative estimate of drug-likeness (QED) is 0.634. The van der Waals surface area contributed by atoms with Crippen LogP contribution in [0.2, 0.25) is 0 Å². The van der Waals surface area contributed by atoms with Crippen LogP contribution in [0.5, 0.6) is 0 Å². The number of rotatable bonds is 0. The third-order valence-electron chi connectivity index (χ3n) is 1.46. The second-order valence-corrected chi connectivity index (χ2v) is 2.47. The van der Waals surface area contributed by atoms with Crippen molar-refractivity contribution in [2.75, 3.05) is 14.2 Å². The van der Waals surface area contributed by atoms with E-state index in [1.165, 1.54) is 10.9 Å². The van der Waals surface area contributed by atoms with Crippen LogP contribution in [-0.2, 0) is 4.74 Å². The molecule has 0 bridgehead atoms. The number of aromatic amines is 1. The highest BCUT2D eigenvalue weighted by Crippen LogP contribution is 2.09. The van der Waals surface area contributed by atoms with Crippen LogP contribution < -0.4 is 0 Å². The lowest BCUT2D eigenvalue weighted by Gasteiger charge is -1.83. The third kappa shape index (κ3) is 2.10. The summed E-state index contributed by atoms with van der Waals surface area (Å²) < 4.78 is 4.25. The number of nitrogens with one attached hydrogen (secondary N) is 1. The van der Waals surface area contributed by atoms with E-state index >= 15 is 0 Å². The van der Waals surface area contributed by atoms with Gasteiger partial charge in [0.2, 0.25) is 0 Å². The van der Waals surface area contributed by atoms with Crippen molar-refractivity contribution in [3.05, 3.63) is 36.5 Å². The topological polar surface area (TPSA) is 25.0 Å². The molecule has 2 aromatic rings. The molecular weight excluding hydrogens is 150 g/mol. The zero-order valence-electron chi connectivity index (χ0n) is 7.37. The summed E-state index contributed by atoms with van der Waals surface area (Å²) in [4.78, 5) is 3.12. The van der Waals surface area contributed by atoms with E-state index in [-0.39, 0.29) is 0 Å². The van der Waals surface area contributed by atoms with Crippen molar-refractivity contribution in [1.29, 1.82) is 0 Å². The van der Waals surface area contributed by atoms with Crippen LogP contribution >= 0.6 is 0 Å². The van der Waals surface area contributed by atoms with Gasteiger partial charge in [-0.1, -0.05) is 18.2 Å². The number of aromatic nitrogens is 1. The van der Waals surface area contributed by atoms with E-state index < -0.39 is 0 Å². The first kappa shape index (κ1) is 8.81. The van der Waals surface area contributed by atoms with E-state index in [0.29, 0.717) is 0 Å². The monoisotopic (exact) mass is 163 g/mol. The van der Waals surface area contributed by atoms with Crippen molar-refractivity contribution < 1.29 is 4.74 Å². The number of benzene rings is 1. The first-order chi connectivity index (χ1) is 5.88. The van der Waals surface area contributed by atoms with Crippen LogP contribution in [0.4, 0.5) is 0 Å². The Bertz CT molecular complexity index is 297. The van der Waals surface area contributed by atoms with Gasteiger partial charge < -0.3 is 9.72 Å². The molecule has 1 heterocycles. The second-order valence-electron chi connectivity index (χ2n) is 2.47. The molecule has 1 aromatic heterocycles. The molecule has 12 heavy (non-hydrogen) atoms. The van der Waals surface area contributed by atoms with Crippen LogP contribution in [0, 0.1) is 0 Å². The van der Waals surface area contributed by atoms with Crippen LogP contribution in [0.15, 0.2) is 36.5 Å². The molecule has 0 aliphatic rings. The predicted octanol–water partition coefficient (Wildman–Crippen LogP) is 2.43. The molecule has 2 nitrogen and oxygen atoms in total. The van der Waals surface area contributed by atoms with E-state index in [2.05, 4.69) is 27.9 Å². The van der Waals surface area contributed by atoms with E-state index in [9.17, 15) is 0 Å². The summed E-state index contributed by atoms with van der Waals surface area (Å²) in [5, 5.41) is 1.28. The minimum Gasteiger partial charge on any atom is -0.388 e. The Kier molecular flexibility index (Phi) is 3.35. The Morgan fingerprint density at radius 1 is 1.08 bits per heavy atom. The molecule has 2 rings (SSSR count). The molecule has 0 atom stereocenters. The normalized spacial score (nSPS) is 9.17. The average Bonchev–Trinajstić information content (AvgIpc) is 2.52. The van der Waals surface area contributed by atoms with Gasteiger partial charge >= 0.3 is 0 Å². The SMILES string of the molecule is COC.c1ccc2[nH]ccc2c1. The molecule has 0 saturated heterocycles. The Hall–Kier alpha value is -1.28. The summed E-state index contributed by atoms with van der Waals surface area (Å²) in [5.41, 5.74) is 1.21. The molecular formula is C10H13NO. The number of H-pyrrole nitrogens is 1. The van der Waals surface area contributed by atoms with Gasteiger partial charge in [-0.15, -0.1) is 0 Å². The van der Waals surface area contributed by atoms with Gasteiger partial charge in [0, 0.05) is 25.9 Å². The van der Waals surface area contributed by atoms with E-state index in [0.717, 1.165) is 0 Å². The summed E-state index contributed by atoms with van der Waals surface area (Å²) in [7, 11) is 3.25. The van der Waals surface area contributed by atoms with E-state index in [4.69, 9.17) is 0 Å². The van der Waals surface area contributed by atoms with Gasteiger partial charge in [-0.25, -0.2) is 0 Å². The number of para-hydroxylation sites is 1. The molecule has 0 aliphatic carbocycles. The van der Waals surface area contributed by atoms with Gasteiger partial charge in [0.1, 0.15) is 0 Å². The summed E-state index contributed by atoms with van der Waals surface area (Å²) in [6, 6.07) is 10.3. The molecule has 0 spiro atoms. The minimum absolute atomic E-state index is 1.21. The van der Waals surface area contributed by atoms with Crippen molar-refractivity contribution in [2.45, 2.75) is 0 Å². The highest BCUT2D eigenvalue weighted by molar-refractivity contribution is 5.78. The molecule has 0 fully saturated rings. The number of ether oxygens (including phenoxy) is 1. The van der Waals surface area contributed by atoms with Crippen molar-refractivity contribution in [3.63, 3.8) is 0 Å². The molecule has 2 heteroatoms. The Balaban J connectivity index is 0.000000213. The summed E-state index contributed by atoms with van der Waals surface area (Å²) in [6.45, 7) is 0.